The Hall–Kier alpha value is -2.54. The first-order valence-corrected chi connectivity index (χ1v) is 6.35. The van der Waals surface area contributed by atoms with E-state index in [0.717, 1.165) is 5.56 Å². The number of furan rings is 1. The lowest BCUT2D eigenvalue weighted by atomic mass is 10.1. The van der Waals surface area contributed by atoms with E-state index in [0.29, 0.717) is 0 Å². The summed E-state index contributed by atoms with van der Waals surface area (Å²) in [5, 5.41) is 16.4. The van der Waals surface area contributed by atoms with Gasteiger partial charge >= 0.3 is 0 Å². The first-order valence-electron chi connectivity index (χ1n) is 5.98. The van der Waals surface area contributed by atoms with Crippen molar-refractivity contribution in [2.24, 2.45) is 0 Å². The predicted molar refractivity (Wildman–Crippen MR) is 77.5 cm³/mol. The third kappa shape index (κ3) is 3.32. The van der Waals surface area contributed by atoms with Gasteiger partial charge in [-0.15, -0.1) is 0 Å². The Morgan fingerprint density at radius 3 is 2.81 bits per heavy atom. The molecule has 2 rings (SSSR count). The van der Waals surface area contributed by atoms with Gasteiger partial charge in [0.25, 0.3) is 11.6 Å². The number of nitro groups is 1. The fourth-order valence-electron chi connectivity index (χ4n) is 1.79. The van der Waals surface area contributed by atoms with Crippen LogP contribution < -0.4 is 10.6 Å². The highest BCUT2D eigenvalue weighted by atomic mass is 35.5. The van der Waals surface area contributed by atoms with Crippen molar-refractivity contribution < 1.29 is 14.1 Å². The molecule has 2 aromatic rings. The summed E-state index contributed by atoms with van der Waals surface area (Å²) in [4.78, 5) is 22.4. The summed E-state index contributed by atoms with van der Waals surface area (Å²) < 4.78 is 4.88. The number of nitrogens with one attached hydrogen (secondary N) is 2. The van der Waals surface area contributed by atoms with Gasteiger partial charge in [0, 0.05) is 30.8 Å². The zero-order chi connectivity index (χ0) is 15.4. The van der Waals surface area contributed by atoms with Gasteiger partial charge in [0.15, 0.2) is 0 Å². The van der Waals surface area contributed by atoms with Crippen molar-refractivity contribution >= 4 is 28.9 Å². The Bertz CT molecular complexity index is 670. The zero-order valence-electron chi connectivity index (χ0n) is 11.1. The number of anilines is 1. The Morgan fingerprint density at radius 2 is 2.24 bits per heavy atom. The number of hydrogen-bond donors (Lipinski definition) is 2. The summed E-state index contributed by atoms with van der Waals surface area (Å²) in [5.41, 5.74) is 0.830. The highest BCUT2D eigenvalue weighted by Crippen LogP contribution is 2.33. The molecule has 0 saturated heterocycles. The average Bonchev–Trinajstić information content (AvgIpc) is 2.96. The van der Waals surface area contributed by atoms with Gasteiger partial charge in [-0.1, -0.05) is 11.6 Å². The maximum Gasteiger partial charge on any atom is 0.294 e. The van der Waals surface area contributed by atoms with Crippen molar-refractivity contribution in [2.45, 2.75) is 6.54 Å². The maximum absolute atomic E-state index is 12.0. The molecule has 0 spiro atoms. The molecule has 0 radical (unpaired) electrons. The smallest absolute Gasteiger partial charge is 0.294 e. The van der Waals surface area contributed by atoms with Crippen LogP contribution in [0.5, 0.6) is 0 Å². The summed E-state index contributed by atoms with van der Waals surface area (Å²) >= 11 is 5.96. The second-order valence-electron chi connectivity index (χ2n) is 4.17. The van der Waals surface area contributed by atoms with E-state index in [1.54, 1.807) is 6.07 Å². The Balaban J connectivity index is 2.23. The molecule has 0 aliphatic rings. The fraction of sp³-hybridized carbons (Fsp3) is 0.154. The average molecular weight is 310 g/mol. The van der Waals surface area contributed by atoms with Crippen molar-refractivity contribution in [3.8, 4) is 0 Å². The summed E-state index contributed by atoms with van der Waals surface area (Å²) in [7, 11) is 1.52. The Kier molecular flexibility index (Phi) is 4.44. The lowest BCUT2D eigenvalue weighted by Gasteiger charge is -2.08. The lowest BCUT2D eigenvalue weighted by molar-refractivity contribution is -0.383. The van der Waals surface area contributed by atoms with Crippen molar-refractivity contribution in [3.63, 3.8) is 0 Å². The topological polar surface area (TPSA) is 97.4 Å². The Labute approximate surface area is 125 Å². The second kappa shape index (κ2) is 6.27. The van der Waals surface area contributed by atoms with Crippen LogP contribution in [0.2, 0.25) is 5.02 Å². The molecule has 21 heavy (non-hydrogen) atoms. The number of carbonyl (C=O) groups excluding carboxylic acids is 1. The minimum absolute atomic E-state index is 0.111. The summed E-state index contributed by atoms with van der Waals surface area (Å²) in [6, 6.07) is 4.27. The van der Waals surface area contributed by atoms with Crippen molar-refractivity contribution in [1.29, 1.82) is 0 Å². The molecular formula is C13H12ClN3O4. The summed E-state index contributed by atoms with van der Waals surface area (Å²) in [6.07, 6.45) is 2.99. The number of halogens is 1. The molecule has 0 atom stereocenters. The maximum atomic E-state index is 12.0. The van der Waals surface area contributed by atoms with Crippen LogP contribution in [0.4, 0.5) is 11.4 Å². The van der Waals surface area contributed by atoms with Crippen LogP contribution in [-0.2, 0) is 6.54 Å². The number of nitro benzene ring substituents is 1. The zero-order valence-corrected chi connectivity index (χ0v) is 11.8. The molecule has 110 valence electrons. The van der Waals surface area contributed by atoms with Gasteiger partial charge in [0.1, 0.15) is 5.69 Å². The van der Waals surface area contributed by atoms with E-state index in [2.05, 4.69) is 10.6 Å². The monoisotopic (exact) mass is 309 g/mol. The van der Waals surface area contributed by atoms with E-state index < -0.39 is 10.8 Å². The van der Waals surface area contributed by atoms with Gasteiger partial charge < -0.3 is 15.1 Å². The minimum Gasteiger partial charge on any atom is -0.472 e. The molecule has 0 aliphatic carbocycles. The lowest BCUT2D eigenvalue weighted by Crippen LogP contribution is -2.22. The van der Waals surface area contributed by atoms with Gasteiger partial charge in [-0.3, -0.25) is 14.9 Å². The molecule has 0 aliphatic heterocycles. The number of hydrogen-bond acceptors (Lipinski definition) is 5. The van der Waals surface area contributed by atoms with Crippen LogP contribution in [0.1, 0.15) is 15.9 Å². The first kappa shape index (κ1) is 14.9. The molecular weight excluding hydrogens is 298 g/mol. The highest BCUT2D eigenvalue weighted by Gasteiger charge is 2.20. The number of nitrogens with zero attached hydrogens (tertiary/aromatic N) is 1. The van der Waals surface area contributed by atoms with Crippen LogP contribution in [-0.4, -0.2) is 17.9 Å². The molecule has 7 nitrogen and oxygen atoms in total. The van der Waals surface area contributed by atoms with Gasteiger partial charge in [0.2, 0.25) is 0 Å². The number of rotatable bonds is 5. The molecule has 1 aromatic carbocycles. The van der Waals surface area contributed by atoms with E-state index >= 15 is 0 Å². The first-order chi connectivity index (χ1) is 10.0. The molecule has 0 saturated carbocycles. The highest BCUT2D eigenvalue weighted by molar-refractivity contribution is 6.34. The second-order valence-corrected chi connectivity index (χ2v) is 4.58. The molecule has 0 unspecified atom stereocenters. The number of benzene rings is 1. The third-order valence-corrected chi connectivity index (χ3v) is 3.11. The largest absolute Gasteiger partial charge is 0.472 e. The van der Waals surface area contributed by atoms with E-state index in [1.807, 2.05) is 0 Å². The van der Waals surface area contributed by atoms with Gasteiger partial charge in [-0.05, 0) is 12.1 Å². The van der Waals surface area contributed by atoms with Crippen LogP contribution in [0.25, 0.3) is 0 Å². The molecule has 1 aromatic heterocycles. The molecule has 2 N–H and O–H groups in total. The normalized spacial score (nSPS) is 10.2. The molecule has 1 heterocycles. The van der Waals surface area contributed by atoms with Crippen LogP contribution in [0, 0.1) is 10.1 Å². The van der Waals surface area contributed by atoms with Gasteiger partial charge in [0.05, 0.1) is 22.5 Å². The van der Waals surface area contributed by atoms with Gasteiger partial charge in [-0.25, -0.2) is 0 Å². The van der Waals surface area contributed by atoms with Crippen LogP contribution >= 0.6 is 11.6 Å². The summed E-state index contributed by atoms with van der Waals surface area (Å²) in [6.45, 7) is 0.258. The Morgan fingerprint density at radius 1 is 1.48 bits per heavy atom. The van der Waals surface area contributed by atoms with Crippen LogP contribution in [0.15, 0.2) is 35.1 Å². The van der Waals surface area contributed by atoms with E-state index in [1.165, 1.54) is 31.7 Å². The van der Waals surface area contributed by atoms with E-state index in [4.69, 9.17) is 16.0 Å². The SMILES string of the molecule is CNc1c(Cl)cc(C(=O)NCc2ccoc2)cc1[N+](=O)[O-]. The van der Waals surface area contributed by atoms with Crippen molar-refractivity contribution in [2.75, 3.05) is 12.4 Å². The molecule has 0 bridgehead atoms. The third-order valence-electron chi connectivity index (χ3n) is 2.81. The van der Waals surface area contributed by atoms with E-state index in [9.17, 15) is 14.9 Å². The fourth-order valence-corrected chi connectivity index (χ4v) is 2.10. The predicted octanol–water partition coefficient (Wildman–Crippen LogP) is 2.81. The minimum atomic E-state index is -0.593. The number of amides is 1. The quantitative estimate of drug-likeness (QED) is 0.654. The van der Waals surface area contributed by atoms with Crippen molar-refractivity contribution in [3.05, 3.63) is 57.0 Å². The molecule has 1 amide bonds. The van der Waals surface area contributed by atoms with Gasteiger partial charge in [-0.2, -0.15) is 0 Å². The molecule has 0 fully saturated rings. The van der Waals surface area contributed by atoms with Crippen molar-refractivity contribution in [1.82, 2.24) is 5.32 Å². The number of carbonyl (C=O) groups is 1. The van der Waals surface area contributed by atoms with Crippen LogP contribution in [0.3, 0.4) is 0 Å². The van der Waals surface area contributed by atoms with E-state index in [-0.39, 0.29) is 28.5 Å². The molecule has 8 heteroatoms. The summed E-state index contributed by atoms with van der Waals surface area (Å²) in [5.74, 6) is -0.455. The standard InChI is InChI=1S/C13H12ClN3O4/c1-15-12-10(14)4-9(5-11(12)17(19)20)13(18)16-6-8-2-3-21-7-8/h2-5,7,15H,6H2,1H3,(H,16,18).